The van der Waals surface area contributed by atoms with E-state index in [1.54, 1.807) is 0 Å². The third kappa shape index (κ3) is 5.98. The Morgan fingerprint density at radius 1 is 0.827 bits per heavy atom. The van der Waals surface area contributed by atoms with Crippen molar-refractivity contribution in [3.05, 3.63) is 172 Å². The van der Waals surface area contributed by atoms with Gasteiger partial charge in [0.2, 0.25) is 5.69 Å². The second kappa shape index (κ2) is 13.9. The normalized spacial score (nSPS) is 21.6. The number of hydrogen-bond acceptors (Lipinski definition) is 2. The lowest BCUT2D eigenvalue weighted by Crippen LogP contribution is -2.34. The molecule has 3 aromatic rings. The molecule has 52 heavy (non-hydrogen) atoms. The number of hydrogen-bond donors (Lipinski definition) is 0. The van der Waals surface area contributed by atoms with Crippen molar-refractivity contribution >= 4 is 22.8 Å². The monoisotopic (exact) mass is 686 g/mol. The van der Waals surface area contributed by atoms with Crippen molar-refractivity contribution in [2.24, 2.45) is 0 Å². The van der Waals surface area contributed by atoms with Crippen LogP contribution in [0.1, 0.15) is 83.6 Å². The van der Waals surface area contributed by atoms with Gasteiger partial charge in [-0.3, -0.25) is 0 Å². The van der Waals surface area contributed by atoms with Crippen molar-refractivity contribution in [3.8, 4) is 0 Å². The maximum atomic E-state index is 2.60. The average Bonchev–Trinajstić information content (AvgIpc) is 3.67. The van der Waals surface area contributed by atoms with E-state index in [0.29, 0.717) is 0 Å². The summed E-state index contributed by atoms with van der Waals surface area (Å²) in [5.41, 5.74) is 17.0. The molecule has 3 heteroatoms. The summed E-state index contributed by atoms with van der Waals surface area (Å²) in [6.07, 6.45) is 23.1. The minimum Gasteiger partial charge on any atom is -0.344 e. The van der Waals surface area contributed by atoms with E-state index in [1.807, 2.05) is 0 Å². The number of allylic oxidation sites excluding steroid dienone is 10. The number of nitrogens with zero attached hydrogens (tertiary/aromatic N) is 3. The van der Waals surface area contributed by atoms with Gasteiger partial charge >= 0.3 is 0 Å². The Bertz CT molecular complexity index is 2140. The summed E-state index contributed by atoms with van der Waals surface area (Å²) < 4.78 is 2.51. The van der Waals surface area contributed by atoms with Crippen molar-refractivity contribution in [3.63, 3.8) is 0 Å². The Kier molecular flexibility index (Phi) is 9.50. The lowest BCUT2D eigenvalue weighted by Gasteiger charge is -2.35. The zero-order valence-electron chi connectivity index (χ0n) is 32.8. The molecule has 0 radical (unpaired) electrons. The smallest absolute Gasteiger partial charge is 0.209 e. The molecule has 0 bridgehead atoms. The van der Waals surface area contributed by atoms with Crippen molar-refractivity contribution in [1.29, 1.82) is 0 Å². The molecule has 1 atom stereocenters. The number of likely N-dealkylation sites (N-methyl/N-ethyl adjacent to an activating group) is 1. The second-order valence-corrected chi connectivity index (χ2v) is 15.8. The molecule has 3 aromatic carbocycles. The Morgan fingerprint density at radius 3 is 2.23 bits per heavy atom. The van der Waals surface area contributed by atoms with Crippen molar-refractivity contribution < 1.29 is 4.58 Å². The van der Waals surface area contributed by atoms with Gasteiger partial charge in [-0.1, -0.05) is 98.7 Å². The molecule has 266 valence electrons. The van der Waals surface area contributed by atoms with Crippen LogP contribution in [0, 0.1) is 13.8 Å². The zero-order chi connectivity index (χ0) is 36.8. The molecule has 2 aliphatic carbocycles. The number of fused-ring (bicyclic) bond motifs is 2. The fourth-order valence-corrected chi connectivity index (χ4v) is 8.94. The predicted octanol–water partition coefficient (Wildman–Crippen LogP) is 11.9. The Balaban J connectivity index is 1.43. The summed E-state index contributed by atoms with van der Waals surface area (Å²) >= 11 is 0. The molecule has 0 saturated heterocycles. The summed E-state index contributed by atoms with van der Waals surface area (Å²) in [4.78, 5) is 5.11. The van der Waals surface area contributed by atoms with Gasteiger partial charge in [0, 0.05) is 52.3 Å². The standard InChI is InChI=1S/C49H56N3/c1-10-36-33-37(25-29-45-48(6,7)41-31-34(4)23-27-43(41)50(45)11-2)47(52(38-19-15-13-16-20-38)39-21-17-14-18-22-39)40(36)26-30-46-49(8,9)42-32-35(5)24-28-44(42)51(46)12-3/h13-21,23-33,39H,10-12,22H2,1-9H3/q+1. The largest absolute Gasteiger partial charge is 0.344 e. The van der Waals surface area contributed by atoms with Gasteiger partial charge in [0.1, 0.15) is 6.54 Å². The van der Waals surface area contributed by atoms with Gasteiger partial charge in [0.25, 0.3) is 0 Å². The average molecular weight is 687 g/mol. The second-order valence-electron chi connectivity index (χ2n) is 15.8. The maximum Gasteiger partial charge on any atom is 0.209 e. The van der Waals surface area contributed by atoms with E-state index >= 15 is 0 Å². The van der Waals surface area contributed by atoms with E-state index in [2.05, 4.69) is 198 Å². The highest BCUT2D eigenvalue weighted by molar-refractivity contribution is 6.03. The highest BCUT2D eigenvalue weighted by Gasteiger charge is 2.44. The molecule has 2 aliphatic heterocycles. The fourth-order valence-electron chi connectivity index (χ4n) is 8.94. The van der Waals surface area contributed by atoms with Gasteiger partial charge in [0.15, 0.2) is 5.71 Å². The number of rotatable bonds is 9. The minimum absolute atomic E-state index is 0.103. The molecule has 0 aromatic heterocycles. The van der Waals surface area contributed by atoms with Crippen LogP contribution in [0.2, 0.25) is 0 Å². The molecule has 0 saturated carbocycles. The number of para-hydroxylation sites is 1. The van der Waals surface area contributed by atoms with E-state index in [9.17, 15) is 0 Å². The quantitative estimate of drug-likeness (QED) is 0.207. The van der Waals surface area contributed by atoms with Gasteiger partial charge < -0.3 is 9.80 Å². The van der Waals surface area contributed by atoms with Crippen LogP contribution in [0.3, 0.4) is 0 Å². The third-order valence-electron chi connectivity index (χ3n) is 11.7. The SMILES string of the molecule is CCC1=CC(/C=C/C2=[N+](CC)c3ccc(C)cc3C2(C)C)=C(N(c2ccccc2)C2C=CC=CC2)C/1=C/C=C1/N(CC)c2ccc(C)cc2C1(C)C. The van der Waals surface area contributed by atoms with E-state index < -0.39 is 0 Å². The molecule has 2 heterocycles. The highest BCUT2D eigenvalue weighted by Crippen LogP contribution is 2.49. The van der Waals surface area contributed by atoms with E-state index in [1.165, 1.54) is 73.1 Å². The molecular formula is C49H56N3+. The van der Waals surface area contributed by atoms with Crippen LogP contribution in [0.5, 0.6) is 0 Å². The summed E-state index contributed by atoms with van der Waals surface area (Å²) in [7, 11) is 0. The summed E-state index contributed by atoms with van der Waals surface area (Å²) in [5, 5.41) is 0. The predicted molar refractivity (Wildman–Crippen MR) is 223 cm³/mol. The molecule has 7 rings (SSSR count). The lowest BCUT2D eigenvalue weighted by molar-refractivity contribution is -0.433. The molecule has 0 N–H and O–H groups in total. The van der Waals surface area contributed by atoms with Gasteiger partial charge in [-0.2, -0.15) is 4.58 Å². The molecule has 0 fully saturated rings. The van der Waals surface area contributed by atoms with Crippen molar-refractivity contribution in [1.82, 2.24) is 0 Å². The molecule has 0 spiro atoms. The fraction of sp³-hybridized carbons (Fsp3) is 0.327. The third-order valence-corrected chi connectivity index (χ3v) is 11.7. The van der Waals surface area contributed by atoms with Crippen LogP contribution in [-0.2, 0) is 10.8 Å². The summed E-state index contributed by atoms with van der Waals surface area (Å²) in [5.74, 6) is 0. The highest BCUT2D eigenvalue weighted by atomic mass is 15.2. The van der Waals surface area contributed by atoms with Crippen LogP contribution >= 0.6 is 0 Å². The van der Waals surface area contributed by atoms with Gasteiger partial charge in [-0.25, -0.2) is 0 Å². The van der Waals surface area contributed by atoms with Crippen LogP contribution in [-0.4, -0.2) is 29.4 Å². The number of aryl methyl sites for hydroxylation is 2. The van der Waals surface area contributed by atoms with E-state index in [4.69, 9.17) is 0 Å². The first kappa shape index (κ1) is 35.5. The topological polar surface area (TPSA) is 9.49 Å². The number of benzene rings is 3. The molecule has 1 unspecified atom stereocenters. The Hall–Kier alpha value is -4.89. The molecular weight excluding hydrogens is 631 g/mol. The van der Waals surface area contributed by atoms with Crippen LogP contribution in [0.15, 0.2) is 150 Å². The van der Waals surface area contributed by atoms with E-state index in [-0.39, 0.29) is 16.9 Å². The Morgan fingerprint density at radius 2 is 1.56 bits per heavy atom. The summed E-state index contributed by atoms with van der Waals surface area (Å²) in [6.45, 7) is 22.7. The van der Waals surface area contributed by atoms with E-state index in [0.717, 1.165) is 25.9 Å². The first-order valence-corrected chi connectivity index (χ1v) is 19.4. The zero-order valence-corrected chi connectivity index (χ0v) is 32.8. The summed E-state index contributed by atoms with van der Waals surface area (Å²) in [6, 6.07) is 25.1. The van der Waals surface area contributed by atoms with Crippen LogP contribution in [0.4, 0.5) is 17.1 Å². The van der Waals surface area contributed by atoms with Gasteiger partial charge in [-0.05, 0) is 114 Å². The van der Waals surface area contributed by atoms with Gasteiger partial charge in [-0.15, -0.1) is 0 Å². The molecule has 3 nitrogen and oxygen atoms in total. The first-order valence-electron chi connectivity index (χ1n) is 19.4. The van der Waals surface area contributed by atoms with Gasteiger partial charge in [0.05, 0.1) is 17.2 Å². The first-order chi connectivity index (χ1) is 25.0. The molecule has 4 aliphatic rings. The van der Waals surface area contributed by atoms with Crippen molar-refractivity contribution in [2.75, 3.05) is 22.9 Å². The van der Waals surface area contributed by atoms with Crippen LogP contribution < -0.4 is 9.80 Å². The lowest BCUT2D eigenvalue weighted by atomic mass is 9.80. The minimum atomic E-state index is -0.104. The van der Waals surface area contributed by atoms with Crippen molar-refractivity contribution in [2.45, 2.75) is 92.0 Å². The number of anilines is 2. The van der Waals surface area contributed by atoms with Crippen LogP contribution in [0.25, 0.3) is 0 Å². The molecule has 0 amide bonds. The Labute approximate surface area is 313 Å². The maximum absolute atomic E-state index is 2.60.